The lowest BCUT2D eigenvalue weighted by molar-refractivity contribution is 0.242. The first-order valence-electron chi connectivity index (χ1n) is 8.97. The van der Waals surface area contributed by atoms with E-state index in [2.05, 4.69) is 20.5 Å². The number of hydrogen-bond donors (Lipinski definition) is 2. The van der Waals surface area contributed by atoms with Crippen LogP contribution in [0, 0.1) is 5.92 Å². The van der Waals surface area contributed by atoms with E-state index in [1.165, 1.54) is 32.2 Å². The summed E-state index contributed by atoms with van der Waals surface area (Å²) in [5.74, 6) is 1.69. The standard InChI is InChI=1S/C16H30N4O2S.HI/c1-17-16(18-10-13-7-9-23(21,22)12-13)19-14-6-8-20(11-14)15-4-2-3-5-15;/h13-15H,2-12H2,1H3,(H2,17,18,19);1H. The molecule has 0 aromatic rings. The molecule has 2 atom stereocenters. The van der Waals surface area contributed by atoms with E-state index in [1.807, 2.05) is 0 Å². The van der Waals surface area contributed by atoms with Crippen LogP contribution in [0.25, 0.3) is 0 Å². The predicted molar refractivity (Wildman–Crippen MR) is 109 cm³/mol. The van der Waals surface area contributed by atoms with E-state index in [0.717, 1.165) is 31.4 Å². The zero-order chi connectivity index (χ0) is 16.3. The molecule has 6 nitrogen and oxygen atoms in total. The lowest BCUT2D eigenvalue weighted by Gasteiger charge is -2.24. The molecule has 3 fully saturated rings. The van der Waals surface area contributed by atoms with Gasteiger partial charge < -0.3 is 10.6 Å². The SMILES string of the molecule is CN=C(NCC1CCS(=O)(=O)C1)NC1CCN(C2CCCC2)C1.I. The first-order chi connectivity index (χ1) is 11.1. The van der Waals surface area contributed by atoms with Crippen molar-refractivity contribution in [1.82, 2.24) is 15.5 Å². The smallest absolute Gasteiger partial charge is 0.191 e. The lowest BCUT2D eigenvalue weighted by Crippen LogP contribution is -2.46. The summed E-state index contributed by atoms with van der Waals surface area (Å²) in [6, 6.07) is 1.24. The van der Waals surface area contributed by atoms with Gasteiger partial charge in [-0.1, -0.05) is 12.8 Å². The molecule has 0 aromatic carbocycles. The Bertz CT molecular complexity index is 534. The van der Waals surface area contributed by atoms with Gasteiger partial charge in [-0.15, -0.1) is 24.0 Å². The third kappa shape index (κ3) is 5.45. The van der Waals surface area contributed by atoms with Crippen molar-refractivity contribution >= 4 is 39.8 Å². The van der Waals surface area contributed by atoms with E-state index in [1.54, 1.807) is 7.05 Å². The van der Waals surface area contributed by atoms with Gasteiger partial charge in [0.25, 0.3) is 0 Å². The Hall–Kier alpha value is -0.0900. The third-order valence-electron chi connectivity index (χ3n) is 5.51. The summed E-state index contributed by atoms with van der Waals surface area (Å²) in [7, 11) is -1.01. The second-order valence-corrected chi connectivity index (χ2v) is 9.51. The molecule has 2 heterocycles. The van der Waals surface area contributed by atoms with Crippen molar-refractivity contribution in [3.05, 3.63) is 0 Å². The molecular weight excluding hydrogens is 439 g/mol. The highest BCUT2D eigenvalue weighted by molar-refractivity contribution is 14.0. The number of nitrogens with one attached hydrogen (secondary N) is 2. The highest BCUT2D eigenvalue weighted by atomic mass is 127. The minimum Gasteiger partial charge on any atom is -0.356 e. The number of sulfone groups is 1. The molecule has 3 rings (SSSR count). The van der Waals surface area contributed by atoms with Crippen LogP contribution >= 0.6 is 24.0 Å². The Morgan fingerprint density at radius 2 is 1.96 bits per heavy atom. The molecule has 2 saturated heterocycles. The van der Waals surface area contributed by atoms with Crippen LogP contribution in [-0.4, -0.2) is 69.5 Å². The Morgan fingerprint density at radius 1 is 1.21 bits per heavy atom. The number of nitrogens with zero attached hydrogens (tertiary/aromatic N) is 2. The highest BCUT2D eigenvalue weighted by Crippen LogP contribution is 2.26. The number of aliphatic imine (C=N–C) groups is 1. The minimum absolute atomic E-state index is 0. The highest BCUT2D eigenvalue weighted by Gasteiger charge is 2.31. The Balaban J connectivity index is 0.00000208. The summed E-state index contributed by atoms with van der Waals surface area (Å²) in [5, 5.41) is 6.83. The lowest BCUT2D eigenvalue weighted by atomic mass is 10.1. The molecule has 8 heteroatoms. The van der Waals surface area contributed by atoms with Crippen LogP contribution in [0.5, 0.6) is 0 Å². The van der Waals surface area contributed by atoms with E-state index in [0.29, 0.717) is 24.1 Å². The summed E-state index contributed by atoms with van der Waals surface area (Å²) in [6.45, 7) is 2.97. The molecule has 140 valence electrons. The normalized spacial score (nSPS) is 31.1. The van der Waals surface area contributed by atoms with Gasteiger partial charge in [-0.2, -0.15) is 0 Å². The van der Waals surface area contributed by atoms with Gasteiger partial charge in [0.05, 0.1) is 11.5 Å². The largest absolute Gasteiger partial charge is 0.356 e. The van der Waals surface area contributed by atoms with Gasteiger partial charge in [0.1, 0.15) is 0 Å². The second kappa shape index (κ2) is 9.02. The van der Waals surface area contributed by atoms with E-state index < -0.39 is 9.84 Å². The average molecular weight is 470 g/mol. The summed E-state index contributed by atoms with van der Waals surface area (Å²) in [6.07, 6.45) is 7.41. The van der Waals surface area contributed by atoms with Crippen LogP contribution in [0.4, 0.5) is 0 Å². The van der Waals surface area contributed by atoms with Crippen molar-refractivity contribution in [2.24, 2.45) is 10.9 Å². The molecule has 2 aliphatic heterocycles. The maximum absolute atomic E-state index is 11.5. The summed E-state index contributed by atoms with van der Waals surface area (Å²) < 4.78 is 23.0. The quantitative estimate of drug-likeness (QED) is 0.367. The Labute approximate surface area is 163 Å². The molecule has 2 unspecified atom stereocenters. The first kappa shape index (κ1) is 20.2. The van der Waals surface area contributed by atoms with Crippen LogP contribution in [0.1, 0.15) is 38.5 Å². The van der Waals surface area contributed by atoms with Gasteiger partial charge in [0, 0.05) is 38.8 Å². The maximum Gasteiger partial charge on any atom is 0.191 e. The maximum atomic E-state index is 11.5. The van der Waals surface area contributed by atoms with Crippen LogP contribution in [0.2, 0.25) is 0 Å². The fourth-order valence-corrected chi connectivity index (χ4v) is 6.03. The topological polar surface area (TPSA) is 73.8 Å². The summed E-state index contributed by atoms with van der Waals surface area (Å²) in [4.78, 5) is 6.92. The van der Waals surface area contributed by atoms with Gasteiger partial charge in [-0.25, -0.2) is 8.42 Å². The van der Waals surface area contributed by atoms with Crippen LogP contribution in [0.15, 0.2) is 4.99 Å². The summed E-state index contributed by atoms with van der Waals surface area (Å²) in [5.41, 5.74) is 0. The third-order valence-corrected chi connectivity index (χ3v) is 7.35. The van der Waals surface area contributed by atoms with Crippen molar-refractivity contribution < 1.29 is 8.42 Å². The fourth-order valence-electron chi connectivity index (χ4n) is 4.17. The molecule has 0 radical (unpaired) electrons. The van der Waals surface area contributed by atoms with E-state index in [-0.39, 0.29) is 29.9 Å². The Kier molecular flexibility index (Phi) is 7.60. The monoisotopic (exact) mass is 470 g/mol. The van der Waals surface area contributed by atoms with Gasteiger partial charge in [0.2, 0.25) is 0 Å². The fraction of sp³-hybridized carbons (Fsp3) is 0.938. The van der Waals surface area contributed by atoms with Crippen molar-refractivity contribution in [3.63, 3.8) is 0 Å². The minimum atomic E-state index is -2.80. The summed E-state index contributed by atoms with van der Waals surface area (Å²) >= 11 is 0. The molecule has 0 aromatic heterocycles. The zero-order valence-corrected chi connectivity index (χ0v) is 17.7. The van der Waals surface area contributed by atoms with Crippen LogP contribution in [-0.2, 0) is 9.84 Å². The number of guanidine groups is 1. The molecule has 1 aliphatic carbocycles. The second-order valence-electron chi connectivity index (χ2n) is 7.29. The van der Waals surface area contributed by atoms with Crippen LogP contribution < -0.4 is 10.6 Å². The van der Waals surface area contributed by atoms with E-state index in [9.17, 15) is 8.42 Å². The van der Waals surface area contributed by atoms with Gasteiger partial charge >= 0.3 is 0 Å². The average Bonchev–Trinajstić information content (AvgIpc) is 3.23. The van der Waals surface area contributed by atoms with Crippen molar-refractivity contribution in [2.75, 3.05) is 38.2 Å². The van der Waals surface area contributed by atoms with E-state index >= 15 is 0 Å². The number of likely N-dealkylation sites (tertiary alicyclic amines) is 1. The van der Waals surface area contributed by atoms with Crippen LogP contribution in [0.3, 0.4) is 0 Å². The molecule has 0 amide bonds. The Morgan fingerprint density at radius 3 is 2.58 bits per heavy atom. The molecule has 3 aliphatic rings. The first-order valence-corrected chi connectivity index (χ1v) is 10.8. The van der Waals surface area contributed by atoms with Crippen molar-refractivity contribution in [2.45, 2.75) is 50.6 Å². The van der Waals surface area contributed by atoms with E-state index in [4.69, 9.17) is 0 Å². The molecule has 1 saturated carbocycles. The van der Waals surface area contributed by atoms with Crippen molar-refractivity contribution in [1.29, 1.82) is 0 Å². The van der Waals surface area contributed by atoms with Gasteiger partial charge in [0.15, 0.2) is 15.8 Å². The van der Waals surface area contributed by atoms with Gasteiger partial charge in [-0.05, 0) is 31.6 Å². The van der Waals surface area contributed by atoms with Gasteiger partial charge in [-0.3, -0.25) is 9.89 Å². The van der Waals surface area contributed by atoms with Crippen molar-refractivity contribution in [3.8, 4) is 0 Å². The molecule has 2 N–H and O–H groups in total. The number of halogens is 1. The molecule has 0 bridgehead atoms. The molecule has 24 heavy (non-hydrogen) atoms. The molecule has 0 spiro atoms. The number of rotatable bonds is 4. The predicted octanol–water partition coefficient (Wildman–Crippen LogP) is 1.22. The zero-order valence-electron chi connectivity index (χ0n) is 14.5. The number of hydrogen-bond acceptors (Lipinski definition) is 4. The molecular formula is C16H31IN4O2S.